The fourth-order valence-electron chi connectivity index (χ4n) is 0. The molecule has 0 nitrogen and oxygen atoms in total. The van der Waals surface area contributed by atoms with Crippen molar-refractivity contribution >= 4 is 7.85 Å². The van der Waals surface area contributed by atoms with Crippen molar-refractivity contribution in [3.63, 3.8) is 0 Å². The van der Waals surface area contributed by atoms with Crippen LogP contribution in [0.2, 0.25) is 5.82 Å². The maximum absolute atomic E-state index is 2.33. The minimum atomic E-state index is 0. The van der Waals surface area contributed by atoms with Crippen LogP contribution in [0.3, 0.4) is 0 Å². The zero-order valence-corrected chi connectivity index (χ0v) is 7.41. The Morgan fingerprint density at radius 2 is 1.83 bits per heavy atom. The molecule has 0 aromatic rings. The second-order valence-electron chi connectivity index (χ2n) is 0.816. The first-order chi connectivity index (χ1) is 2.27. The van der Waals surface area contributed by atoms with Gasteiger partial charge in [-0.3, -0.25) is 0 Å². The van der Waals surface area contributed by atoms with Gasteiger partial charge in [-0.05, 0) is 7.85 Å². The average Bonchev–Trinajstić information content (AvgIpc) is 1.38. The second-order valence-corrected chi connectivity index (χ2v) is 0.816. The molecular weight excluding hydrogens is 98.0 g/mol. The van der Waals surface area contributed by atoms with Gasteiger partial charge in [-0.2, -0.15) is 5.82 Å². The van der Waals surface area contributed by atoms with Crippen LogP contribution in [0.15, 0.2) is 0 Å². The van der Waals surface area contributed by atoms with Gasteiger partial charge in [-0.1, -0.05) is 20.3 Å². The molecule has 2 heteroatoms. The third kappa shape index (κ3) is 9.20. The average molecular weight is 110 g/mol. The summed E-state index contributed by atoms with van der Waals surface area (Å²) in [6.07, 6.45) is 1.42. The second kappa shape index (κ2) is 6.70. The van der Waals surface area contributed by atoms with E-state index < -0.39 is 0 Å². The van der Waals surface area contributed by atoms with E-state index in [1.807, 2.05) is 0 Å². The molecule has 32 valence electrons. The zero-order chi connectivity index (χ0) is 4.28. The maximum Gasteiger partial charge on any atom is 1.00 e. The molecule has 0 aliphatic carbocycles. The minimum Gasteiger partial charge on any atom is -0.179 e. The molecule has 0 saturated carbocycles. The van der Waals surface area contributed by atoms with Gasteiger partial charge in [0.05, 0.1) is 0 Å². The monoisotopic (exact) mass is 110 g/mol. The van der Waals surface area contributed by atoms with E-state index in [1.54, 1.807) is 0 Å². The van der Waals surface area contributed by atoms with Gasteiger partial charge in [-0.15, -0.1) is 0 Å². The van der Waals surface area contributed by atoms with Gasteiger partial charge in [0, 0.05) is 0 Å². The molecule has 1 unspecified atom stereocenters. The van der Waals surface area contributed by atoms with Crippen LogP contribution < -0.4 is 51.4 Å². The molecule has 6 heavy (non-hydrogen) atoms. The Morgan fingerprint density at radius 1 is 1.67 bits per heavy atom. The first-order valence-corrected chi connectivity index (χ1v) is 1.69. The summed E-state index contributed by atoms with van der Waals surface area (Å²) in [4.78, 5) is 0. The molecule has 0 spiro atoms. The quantitative estimate of drug-likeness (QED) is 0.329. The molecule has 0 bridgehead atoms. The summed E-state index contributed by atoms with van der Waals surface area (Å²) >= 11 is 0. The molecule has 0 aromatic heterocycles. The fraction of sp³-hybridized carbons (Fsp3) is 1.00. The van der Waals surface area contributed by atoms with Crippen LogP contribution in [-0.4, -0.2) is 7.85 Å². The molecule has 0 aliphatic heterocycles. The van der Waals surface area contributed by atoms with Crippen molar-refractivity contribution in [3.05, 3.63) is 0 Å². The molecule has 0 saturated heterocycles. The predicted octanol–water partition coefficient (Wildman–Crippen LogP) is -2.43. The molecule has 0 heterocycles. The fourth-order valence-corrected chi connectivity index (χ4v) is 0. The van der Waals surface area contributed by atoms with Crippen LogP contribution >= 0.6 is 0 Å². The molecule has 1 atom stereocenters. The van der Waals surface area contributed by atoms with Gasteiger partial charge in [0.25, 0.3) is 0 Å². The predicted molar refractivity (Wildman–Crippen MR) is 29.7 cm³/mol. The van der Waals surface area contributed by atoms with Crippen molar-refractivity contribution in [1.29, 1.82) is 0 Å². The van der Waals surface area contributed by atoms with E-state index in [1.165, 1.54) is 6.42 Å². The van der Waals surface area contributed by atoms with Crippen LogP contribution in [0.25, 0.3) is 0 Å². The van der Waals surface area contributed by atoms with Crippen LogP contribution in [0.5, 0.6) is 0 Å². The van der Waals surface area contributed by atoms with E-state index in [2.05, 4.69) is 13.8 Å². The van der Waals surface area contributed by atoms with Crippen molar-refractivity contribution in [1.82, 2.24) is 0 Å². The van der Waals surface area contributed by atoms with E-state index in [4.69, 9.17) is 0 Å². The number of hydrogen-bond donors (Lipinski definition) is 0. The van der Waals surface area contributed by atoms with Crippen LogP contribution in [0.4, 0.5) is 0 Å². The summed E-state index contributed by atoms with van der Waals surface area (Å²) in [5, 5.41) is 0. The van der Waals surface area contributed by atoms with Gasteiger partial charge in [-0.25, -0.2) is 0 Å². The molecular formula is C4H12BK. The molecule has 0 radical (unpaired) electrons. The SMILES string of the molecule is [BH3-]C(C)CC.[K+]. The standard InChI is InChI=1S/C4H12B.K/c1-3-4(2)5;/h4H,3H2,1-2,5H3;/q-1;+1. The summed E-state index contributed by atoms with van der Waals surface area (Å²) in [6.45, 7) is 4.59. The Kier molecular flexibility index (Phi) is 11.9. The van der Waals surface area contributed by atoms with Crippen molar-refractivity contribution < 1.29 is 51.4 Å². The van der Waals surface area contributed by atoms with Gasteiger partial charge in [0.2, 0.25) is 0 Å². The smallest absolute Gasteiger partial charge is 0.179 e. The summed E-state index contributed by atoms with van der Waals surface area (Å²) in [5.74, 6) is 1.13. The Morgan fingerprint density at radius 3 is 1.83 bits per heavy atom. The van der Waals surface area contributed by atoms with E-state index in [0.717, 1.165) is 5.82 Å². The Balaban J connectivity index is 0. The summed E-state index contributed by atoms with van der Waals surface area (Å²) in [7, 11) is 0.688. The van der Waals surface area contributed by atoms with Crippen LogP contribution in [0, 0.1) is 0 Å². The first-order valence-electron chi connectivity index (χ1n) is 1.69. The summed E-state index contributed by atoms with van der Waals surface area (Å²) < 4.78 is 0. The number of rotatable bonds is 1. The van der Waals surface area contributed by atoms with E-state index in [-0.39, 0.29) is 51.4 Å². The van der Waals surface area contributed by atoms with E-state index in [0.29, 0.717) is 7.85 Å². The Bertz CT molecular complexity index is 21.5. The topological polar surface area (TPSA) is 0 Å². The third-order valence-corrected chi connectivity index (χ3v) is 0.408. The van der Waals surface area contributed by atoms with Crippen molar-refractivity contribution in [2.45, 2.75) is 26.1 Å². The van der Waals surface area contributed by atoms with Crippen molar-refractivity contribution in [2.75, 3.05) is 0 Å². The molecule has 0 fully saturated rings. The normalized spacial score (nSPS) is 12.5. The van der Waals surface area contributed by atoms with Gasteiger partial charge in [0.1, 0.15) is 0 Å². The Hall–Kier alpha value is 1.70. The third-order valence-electron chi connectivity index (χ3n) is 0.408. The Labute approximate surface area is 83.9 Å². The largest absolute Gasteiger partial charge is 1.00 e. The summed E-state index contributed by atoms with van der Waals surface area (Å²) in [6, 6.07) is 0. The minimum absolute atomic E-state index is 0. The van der Waals surface area contributed by atoms with E-state index >= 15 is 0 Å². The van der Waals surface area contributed by atoms with Crippen molar-refractivity contribution in [2.24, 2.45) is 0 Å². The molecule has 0 amide bonds. The van der Waals surface area contributed by atoms with Crippen molar-refractivity contribution in [3.8, 4) is 0 Å². The zero-order valence-electron chi connectivity index (χ0n) is 4.28. The maximum atomic E-state index is 2.33. The van der Waals surface area contributed by atoms with Crippen LogP contribution in [0.1, 0.15) is 20.3 Å². The molecule has 0 aliphatic rings. The van der Waals surface area contributed by atoms with Gasteiger partial charge in [0.15, 0.2) is 0 Å². The van der Waals surface area contributed by atoms with Crippen LogP contribution in [-0.2, 0) is 0 Å². The number of hydrogen-bond acceptors (Lipinski definition) is 0. The van der Waals surface area contributed by atoms with Gasteiger partial charge < -0.3 is 0 Å². The molecule has 0 aromatic carbocycles. The molecule has 0 N–H and O–H groups in total. The molecule has 0 rings (SSSR count). The van der Waals surface area contributed by atoms with E-state index in [9.17, 15) is 0 Å². The summed E-state index contributed by atoms with van der Waals surface area (Å²) in [5.41, 5.74) is 0. The van der Waals surface area contributed by atoms with Gasteiger partial charge >= 0.3 is 51.4 Å². The first kappa shape index (κ1) is 10.6.